The number of unbranched alkanes of at least 4 members (excludes halogenated alkanes) is 2. The Balaban J connectivity index is 2.69. The molecule has 2 nitrogen and oxygen atoms in total. The van der Waals surface area contributed by atoms with Crippen LogP contribution in [0, 0.1) is 11.3 Å². The molecule has 1 rings (SSSR count). The summed E-state index contributed by atoms with van der Waals surface area (Å²) in [5.41, 5.74) is 0.735. The van der Waals surface area contributed by atoms with Gasteiger partial charge < -0.3 is 5.32 Å². The average molecular weight is 297 g/mol. The summed E-state index contributed by atoms with van der Waals surface area (Å²) in [6.07, 6.45) is 6.66. The zero-order valence-corrected chi connectivity index (χ0v) is 15.8. The zero-order chi connectivity index (χ0) is 16.1. The molecule has 0 bridgehead atoms. The fourth-order valence-electron chi connectivity index (χ4n) is 3.65. The van der Waals surface area contributed by atoms with E-state index in [1.165, 1.54) is 45.2 Å². The average Bonchev–Trinajstić information content (AvgIpc) is 2.38. The maximum atomic E-state index is 3.80. The van der Waals surface area contributed by atoms with Gasteiger partial charge in [0.15, 0.2) is 0 Å². The van der Waals surface area contributed by atoms with Crippen molar-refractivity contribution in [3.8, 4) is 0 Å². The number of nitrogens with one attached hydrogen (secondary N) is 1. The van der Waals surface area contributed by atoms with E-state index < -0.39 is 0 Å². The highest BCUT2D eigenvalue weighted by Gasteiger charge is 2.37. The van der Waals surface area contributed by atoms with Crippen molar-refractivity contribution in [2.24, 2.45) is 11.3 Å². The van der Waals surface area contributed by atoms with Crippen molar-refractivity contribution in [3.63, 3.8) is 0 Å². The van der Waals surface area contributed by atoms with Crippen molar-refractivity contribution < 1.29 is 0 Å². The Labute approximate surface area is 134 Å². The van der Waals surface area contributed by atoms with Crippen LogP contribution in [0.25, 0.3) is 0 Å². The predicted molar refractivity (Wildman–Crippen MR) is 94.8 cm³/mol. The second-order valence-electron chi connectivity index (χ2n) is 8.63. The Kier molecular flexibility index (Phi) is 7.19. The normalized spacial score (nSPS) is 28.3. The molecular weight excluding hydrogens is 256 g/mol. The van der Waals surface area contributed by atoms with Crippen LogP contribution in [0.3, 0.4) is 0 Å². The van der Waals surface area contributed by atoms with Crippen LogP contribution in [-0.2, 0) is 0 Å². The summed E-state index contributed by atoms with van der Waals surface area (Å²) in [5, 5.41) is 3.80. The van der Waals surface area contributed by atoms with Gasteiger partial charge in [0.2, 0.25) is 0 Å². The van der Waals surface area contributed by atoms with Gasteiger partial charge in [-0.1, -0.05) is 60.8 Å². The summed E-state index contributed by atoms with van der Waals surface area (Å²) in [4.78, 5) is 2.79. The van der Waals surface area contributed by atoms with Crippen molar-refractivity contribution >= 4 is 0 Å². The van der Waals surface area contributed by atoms with Gasteiger partial charge in [-0.2, -0.15) is 0 Å². The molecule has 1 N–H and O–H groups in total. The van der Waals surface area contributed by atoms with Gasteiger partial charge in [0, 0.05) is 31.2 Å². The number of hydrogen-bond donors (Lipinski definition) is 1. The standard InChI is InChI=1S/C19H40N2/c1-8-10-11-12-18(5,6)14-21-15-19(7,9-2)20-13-17(21)16(3)4/h16-17,20H,8-15H2,1-7H3. The minimum absolute atomic E-state index is 0.297. The van der Waals surface area contributed by atoms with Gasteiger partial charge in [-0.15, -0.1) is 0 Å². The Morgan fingerprint density at radius 3 is 2.43 bits per heavy atom. The van der Waals surface area contributed by atoms with Crippen molar-refractivity contribution in [3.05, 3.63) is 0 Å². The molecule has 0 spiro atoms. The van der Waals surface area contributed by atoms with E-state index in [1.807, 2.05) is 0 Å². The molecule has 0 aromatic heterocycles. The lowest BCUT2D eigenvalue weighted by Crippen LogP contribution is -2.65. The highest BCUT2D eigenvalue weighted by molar-refractivity contribution is 4.96. The van der Waals surface area contributed by atoms with Gasteiger partial charge in [-0.05, 0) is 31.1 Å². The quantitative estimate of drug-likeness (QED) is 0.654. The number of hydrogen-bond acceptors (Lipinski definition) is 2. The van der Waals surface area contributed by atoms with Gasteiger partial charge in [0.25, 0.3) is 0 Å². The fraction of sp³-hybridized carbons (Fsp3) is 1.00. The van der Waals surface area contributed by atoms with E-state index in [4.69, 9.17) is 0 Å². The van der Waals surface area contributed by atoms with Crippen LogP contribution in [-0.4, -0.2) is 36.1 Å². The smallest absolute Gasteiger partial charge is 0.0278 e. The first kappa shape index (κ1) is 19.0. The molecule has 0 radical (unpaired) electrons. The first-order chi connectivity index (χ1) is 9.73. The second kappa shape index (κ2) is 7.97. The molecule has 0 aromatic rings. The topological polar surface area (TPSA) is 15.3 Å². The van der Waals surface area contributed by atoms with Crippen LogP contribution in [0.2, 0.25) is 0 Å². The lowest BCUT2D eigenvalue weighted by atomic mass is 9.83. The van der Waals surface area contributed by atoms with Crippen LogP contribution >= 0.6 is 0 Å². The highest BCUT2D eigenvalue weighted by Crippen LogP contribution is 2.30. The summed E-state index contributed by atoms with van der Waals surface area (Å²) in [5.74, 6) is 0.727. The van der Waals surface area contributed by atoms with Crippen LogP contribution < -0.4 is 5.32 Å². The lowest BCUT2D eigenvalue weighted by molar-refractivity contribution is 0.0283. The molecule has 1 heterocycles. The maximum absolute atomic E-state index is 3.80. The molecule has 1 aliphatic heterocycles. The van der Waals surface area contributed by atoms with Gasteiger partial charge in [0.05, 0.1) is 0 Å². The van der Waals surface area contributed by atoms with Crippen molar-refractivity contribution in [1.82, 2.24) is 10.2 Å². The van der Waals surface area contributed by atoms with Crippen LogP contribution in [0.15, 0.2) is 0 Å². The second-order valence-corrected chi connectivity index (χ2v) is 8.63. The van der Waals surface area contributed by atoms with Crippen molar-refractivity contribution in [1.29, 1.82) is 0 Å². The zero-order valence-electron chi connectivity index (χ0n) is 15.8. The first-order valence-electron chi connectivity index (χ1n) is 9.22. The highest BCUT2D eigenvalue weighted by atomic mass is 15.3. The monoisotopic (exact) mass is 296 g/mol. The Morgan fingerprint density at radius 1 is 1.24 bits per heavy atom. The fourth-order valence-corrected chi connectivity index (χ4v) is 3.65. The van der Waals surface area contributed by atoms with Crippen LogP contribution in [0.4, 0.5) is 0 Å². The number of piperazine rings is 1. The number of rotatable bonds is 8. The predicted octanol–water partition coefficient (Wildman–Crippen LogP) is 4.69. The van der Waals surface area contributed by atoms with E-state index in [0.29, 0.717) is 17.0 Å². The molecule has 0 aliphatic carbocycles. The van der Waals surface area contributed by atoms with Crippen LogP contribution in [0.5, 0.6) is 0 Å². The van der Waals surface area contributed by atoms with E-state index in [2.05, 4.69) is 58.7 Å². The van der Waals surface area contributed by atoms with E-state index >= 15 is 0 Å². The van der Waals surface area contributed by atoms with Gasteiger partial charge in [0.1, 0.15) is 0 Å². The lowest BCUT2D eigenvalue weighted by Gasteiger charge is -2.49. The molecule has 1 fully saturated rings. The van der Waals surface area contributed by atoms with Gasteiger partial charge >= 0.3 is 0 Å². The molecular formula is C19H40N2. The molecule has 1 saturated heterocycles. The van der Waals surface area contributed by atoms with Gasteiger partial charge in [-0.25, -0.2) is 0 Å². The van der Waals surface area contributed by atoms with Crippen LogP contribution in [0.1, 0.15) is 80.6 Å². The minimum Gasteiger partial charge on any atom is -0.309 e. The third kappa shape index (κ3) is 5.90. The van der Waals surface area contributed by atoms with E-state index in [9.17, 15) is 0 Å². The van der Waals surface area contributed by atoms with E-state index in [0.717, 1.165) is 12.5 Å². The van der Waals surface area contributed by atoms with Crippen molar-refractivity contribution in [2.75, 3.05) is 19.6 Å². The van der Waals surface area contributed by atoms with Crippen molar-refractivity contribution in [2.45, 2.75) is 92.2 Å². The number of nitrogens with zero attached hydrogens (tertiary/aromatic N) is 1. The van der Waals surface area contributed by atoms with Gasteiger partial charge in [-0.3, -0.25) is 4.90 Å². The summed E-state index contributed by atoms with van der Waals surface area (Å²) in [6.45, 7) is 20.3. The largest absolute Gasteiger partial charge is 0.309 e. The Morgan fingerprint density at radius 2 is 1.90 bits per heavy atom. The maximum Gasteiger partial charge on any atom is 0.0278 e. The Bertz CT molecular complexity index is 298. The molecule has 2 unspecified atom stereocenters. The molecule has 2 heteroatoms. The Hall–Kier alpha value is -0.0800. The molecule has 0 aromatic carbocycles. The molecule has 2 atom stereocenters. The third-order valence-corrected chi connectivity index (χ3v) is 5.40. The molecule has 21 heavy (non-hydrogen) atoms. The molecule has 126 valence electrons. The molecule has 0 amide bonds. The SMILES string of the molecule is CCCCCC(C)(C)CN1CC(C)(CC)NCC1C(C)C. The van der Waals surface area contributed by atoms with E-state index in [1.54, 1.807) is 0 Å². The summed E-state index contributed by atoms with van der Waals surface area (Å²) in [7, 11) is 0. The summed E-state index contributed by atoms with van der Waals surface area (Å²) in [6, 6.07) is 0.690. The molecule has 1 aliphatic rings. The van der Waals surface area contributed by atoms with E-state index in [-0.39, 0.29) is 0 Å². The third-order valence-electron chi connectivity index (χ3n) is 5.40. The molecule has 0 saturated carbocycles. The summed E-state index contributed by atoms with van der Waals surface area (Å²) < 4.78 is 0. The first-order valence-corrected chi connectivity index (χ1v) is 9.22. The summed E-state index contributed by atoms with van der Waals surface area (Å²) >= 11 is 0. The minimum atomic E-state index is 0.297.